The standard InChI is InChI=1S/C9H13NO4S/c1-2-14-7(12)5-6(11)8(13)9-10-3-4-15-9/h3-4,6,8,11,13H,2,5H2,1H3. The number of ether oxygens (including phenoxy) is 1. The SMILES string of the molecule is CCOC(=O)CC(O)C(O)c1nccs1. The van der Waals surface area contributed by atoms with E-state index in [9.17, 15) is 15.0 Å². The molecule has 0 fully saturated rings. The zero-order valence-electron chi connectivity index (χ0n) is 8.29. The zero-order valence-corrected chi connectivity index (χ0v) is 9.11. The Morgan fingerprint density at radius 2 is 2.40 bits per heavy atom. The monoisotopic (exact) mass is 231 g/mol. The Hall–Kier alpha value is -0.980. The van der Waals surface area contributed by atoms with Gasteiger partial charge in [0.2, 0.25) is 0 Å². The van der Waals surface area contributed by atoms with Crippen LogP contribution in [0.25, 0.3) is 0 Å². The number of thiazole rings is 1. The molecule has 0 radical (unpaired) electrons. The fourth-order valence-electron chi connectivity index (χ4n) is 1.05. The molecule has 84 valence electrons. The molecule has 0 saturated heterocycles. The van der Waals surface area contributed by atoms with E-state index in [1.54, 1.807) is 12.3 Å². The van der Waals surface area contributed by atoms with Crippen molar-refractivity contribution in [2.75, 3.05) is 6.61 Å². The number of nitrogens with zero attached hydrogens (tertiary/aromatic N) is 1. The van der Waals surface area contributed by atoms with Crippen LogP contribution < -0.4 is 0 Å². The molecule has 1 aromatic heterocycles. The van der Waals surface area contributed by atoms with E-state index in [0.29, 0.717) is 5.01 Å². The average molecular weight is 231 g/mol. The van der Waals surface area contributed by atoms with Crippen LogP contribution in [0, 0.1) is 0 Å². The maximum atomic E-state index is 11.0. The number of aliphatic hydroxyl groups is 2. The van der Waals surface area contributed by atoms with Crippen molar-refractivity contribution in [1.82, 2.24) is 4.98 Å². The Labute approximate surface area is 91.3 Å². The molecular weight excluding hydrogens is 218 g/mol. The van der Waals surface area contributed by atoms with Crippen molar-refractivity contribution in [1.29, 1.82) is 0 Å². The van der Waals surface area contributed by atoms with Crippen LogP contribution in [0.15, 0.2) is 11.6 Å². The summed E-state index contributed by atoms with van der Waals surface area (Å²) >= 11 is 1.23. The summed E-state index contributed by atoms with van der Waals surface area (Å²) < 4.78 is 4.65. The van der Waals surface area contributed by atoms with Crippen LogP contribution in [0.2, 0.25) is 0 Å². The molecule has 0 bridgehead atoms. The van der Waals surface area contributed by atoms with Crippen molar-refractivity contribution in [3.05, 3.63) is 16.6 Å². The van der Waals surface area contributed by atoms with Crippen molar-refractivity contribution in [3.8, 4) is 0 Å². The van der Waals surface area contributed by atoms with Crippen LogP contribution in [0.3, 0.4) is 0 Å². The van der Waals surface area contributed by atoms with E-state index in [4.69, 9.17) is 0 Å². The van der Waals surface area contributed by atoms with Gasteiger partial charge in [0.05, 0.1) is 19.1 Å². The molecule has 0 aliphatic rings. The summed E-state index contributed by atoms with van der Waals surface area (Å²) in [7, 11) is 0. The smallest absolute Gasteiger partial charge is 0.308 e. The van der Waals surface area contributed by atoms with Gasteiger partial charge in [-0.3, -0.25) is 4.79 Å². The van der Waals surface area contributed by atoms with Crippen LogP contribution in [0.1, 0.15) is 24.5 Å². The van der Waals surface area contributed by atoms with Crippen LogP contribution in [0.4, 0.5) is 0 Å². The number of carbonyl (C=O) groups is 1. The Kier molecular flexibility index (Phi) is 4.67. The molecule has 1 rings (SSSR count). The number of aromatic nitrogens is 1. The molecule has 0 aliphatic carbocycles. The minimum absolute atomic E-state index is 0.228. The molecule has 2 atom stereocenters. The van der Waals surface area contributed by atoms with E-state index in [1.165, 1.54) is 17.5 Å². The fraction of sp³-hybridized carbons (Fsp3) is 0.556. The van der Waals surface area contributed by atoms with Gasteiger partial charge in [-0.05, 0) is 6.92 Å². The number of hydrogen-bond donors (Lipinski definition) is 2. The van der Waals surface area contributed by atoms with E-state index in [-0.39, 0.29) is 13.0 Å². The first kappa shape index (κ1) is 12.1. The van der Waals surface area contributed by atoms with Gasteiger partial charge < -0.3 is 14.9 Å². The lowest BCUT2D eigenvalue weighted by molar-refractivity contribution is -0.147. The van der Waals surface area contributed by atoms with Crippen molar-refractivity contribution in [3.63, 3.8) is 0 Å². The first-order valence-corrected chi connectivity index (χ1v) is 5.44. The topological polar surface area (TPSA) is 79.7 Å². The molecule has 0 aliphatic heterocycles. The second-order valence-electron chi connectivity index (χ2n) is 2.89. The number of rotatable bonds is 5. The van der Waals surface area contributed by atoms with Gasteiger partial charge in [0, 0.05) is 11.6 Å². The Morgan fingerprint density at radius 3 is 2.93 bits per heavy atom. The normalized spacial score (nSPS) is 14.6. The summed E-state index contributed by atoms with van der Waals surface area (Å²) in [5, 5.41) is 21.2. The molecule has 2 N–H and O–H groups in total. The van der Waals surface area contributed by atoms with E-state index >= 15 is 0 Å². The first-order chi connectivity index (χ1) is 7.15. The van der Waals surface area contributed by atoms with Gasteiger partial charge in [0.25, 0.3) is 0 Å². The molecule has 5 nitrogen and oxygen atoms in total. The molecule has 6 heteroatoms. The second-order valence-corrected chi connectivity index (χ2v) is 3.82. The van der Waals surface area contributed by atoms with Crippen molar-refractivity contribution >= 4 is 17.3 Å². The quantitative estimate of drug-likeness (QED) is 0.721. The highest BCUT2D eigenvalue weighted by Crippen LogP contribution is 2.20. The highest BCUT2D eigenvalue weighted by Gasteiger charge is 2.23. The molecule has 15 heavy (non-hydrogen) atoms. The number of esters is 1. The van der Waals surface area contributed by atoms with E-state index in [1.807, 2.05) is 0 Å². The van der Waals surface area contributed by atoms with Gasteiger partial charge in [-0.1, -0.05) is 0 Å². The average Bonchev–Trinajstić information content (AvgIpc) is 2.69. The molecule has 1 heterocycles. The molecule has 0 amide bonds. The van der Waals surface area contributed by atoms with E-state index in [0.717, 1.165) is 0 Å². The van der Waals surface area contributed by atoms with Gasteiger partial charge in [-0.15, -0.1) is 11.3 Å². The third-order valence-corrected chi connectivity index (χ3v) is 2.60. The van der Waals surface area contributed by atoms with E-state index in [2.05, 4.69) is 9.72 Å². The summed E-state index contributed by atoms with van der Waals surface area (Å²) in [6.45, 7) is 1.94. The summed E-state index contributed by atoms with van der Waals surface area (Å²) in [5.41, 5.74) is 0. The lowest BCUT2D eigenvalue weighted by atomic mass is 10.1. The van der Waals surface area contributed by atoms with Gasteiger partial charge in [0.15, 0.2) is 0 Å². The third-order valence-electron chi connectivity index (χ3n) is 1.75. The molecule has 1 aromatic rings. The van der Waals surface area contributed by atoms with Crippen molar-refractivity contribution in [2.24, 2.45) is 0 Å². The predicted octanol–water partition coefficient (Wildman–Crippen LogP) is 0.491. The summed E-state index contributed by atoms with van der Waals surface area (Å²) in [6.07, 6.45) is -1.00. The van der Waals surface area contributed by atoms with Gasteiger partial charge >= 0.3 is 5.97 Å². The predicted molar refractivity (Wildman–Crippen MR) is 54.3 cm³/mol. The minimum atomic E-state index is -1.17. The molecule has 0 spiro atoms. The fourth-order valence-corrected chi connectivity index (χ4v) is 1.73. The maximum Gasteiger partial charge on any atom is 0.308 e. The second kappa shape index (κ2) is 5.79. The number of hydrogen-bond acceptors (Lipinski definition) is 6. The lowest BCUT2D eigenvalue weighted by Crippen LogP contribution is -2.23. The molecular formula is C9H13NO4S. The summed E-state index contributed by atoms with van der Waals surface area (Å²) in [5.74, 6) is -0.527. The maximum absolute atomic E-state index is 11.0. The Balaban J connectivity index is 2.46. The largest absolute Gasteiger partial charge is 0.466 e. The van der Waals surface area contributed by atoms with Gasteiger partial charge in [-0.2, -0.15) is 0 Å². The number of aliphatic hydroxyl groups excluding tert-OH is 2. The zero-order chi connectivity index (χ0) is 11.3. The van der Waals surface area contributed by atoms with Gasteiger partial charge in [0.1, 0.15) is 11.1 Å². The molecule has 0 aromatic carbocycles. The van der Waals surface area contributed by atoms with Crippen LogP contribution in [0.5, 0.6) is 0 Å². The lowest BCUT2D eigenvalue weighted by Gasteiger charge is -2.14. The molecule has 2 unspecified atom stereocenters. The minimum Gasteiger partial charge on any atom is -0.466 e. The van der Waals surface area contributed by atoms with Crippen LogP contribution >= 0.6 is 11.3 Å². The van der Waals surface area contributed by atoms with Crippen LogP contribution in [-0.4, -0.2) is 33.9 Å². The Bertz CT molecular complexity index is 301. The van der Waals surface area contributed by atoms with E-state index < -0.39 is 18.2 Å². The van der Waals surface area contributed by atoms with Crippen LogP contribution in [-0.2, 0) is 9.53 Å². The number of carbonyl (C=O) groups excluding carboxylic acids is 1. The highest BCUT2D eigenvalue weighted by atomic mass is 32.1. The third kappa shape index (κ3) is 3.58. The summed E-state index contributed by atoms with van der Waals surface area (Å²) in [4.78, 5) is 14.9. The first-order valence-electron chi connectivity index (χ1n) is 4.56. The Morgan fingerprint density at radius 1 is 1.67 bits per heavy atom. The summed E-state index contributed by atoms with van der Waals surface area (Å²) in [6, 6.07) is 0. The van der Waals surface area contributed by atoms with Gasteiger partial charge in [-0.25, -0.2) is 4.98 Å². The highest BCUT2D eigenvalue weighted by molar-refractivity contribution is 7.09. The van der Waals surface area contributed by atoms with Crippen molar-refractivity contribution in [2.45, 2.75) is 25.6 Å². The molecule has 0 saturated carbocycles. The van der Waals surface area contributed by atoms with Crippen molar-refractivity contribution < 1.29 is 19.7 Å².